The number of nitrogens with one attached hydrogen (secondary N) is 3. The van der Waals surface area contributed by atoms with E-state index in [9.17, 15) is 48.9 Å². The number of aliphatic hydroxyl groups excluding tert-OH is 4. The Morgan fingerprint density at radius 2 is 1.14 bits per heavy atom. The van der Waals surface area contributed by atoms with Crippen LogP contribution >= 0.6 is 12.4 Å². The number of carbonyl (C=O) groups is 5. The summed E-state index contributed by atoms with van der Waals surface area (Å²) in [6.45, 7) is 9.66. The van der Waals surface area contributed by atoms with Gasteiger partial charge in [-0.1, -0.05) is 107 Å². The van der Waals surface area contributed by atoms with Gasteiger partial charge >= 0.3 is 47.5 Å². The third-order valence-corrected chi connectivity index (χ3v) is 19.9. The Morgan fingerprint density at radius 1 is 0.679 bits per heavy atom. The summed E-state index contributed by atoms with van der Waals surface area (Å²) < 4.78 is 30.8. The molecule has 11 N–H and O–H groups in total. The minimum atomic E-state index is -1.00. The van der Waals surface area contributed by atoms with E-state index in [2.05, 4.69) is 98.9 Å². The van der Waals surface area contributed by atoms with Gasteiger partial charge in [-0.15, -0.1) is 12.4 Å². The van der Waals surface area contributed by atoms with Crippen molar-refractivity contribution in [1.29, 1.82) is 21.0 Å². The fourth-order valence-electron chi connectivity index (χ4n) is 14.0. The zero-order valence-corrected chi connectivity index (χ0v) is 66.9. The van der Waals surface area contributed by atoms with Gasteiger partial charge in [0.1, 0.15) is 47.8 Å². The van der Waals surface area contributed by atoms with Gasteiger partial charge in [0, 0.05) is 87.3 Å². The first-order valence-corrected chi connectivity index (χ1v) is 35.9. The third kappa shape index (κ3) is 34.7. The number of esters is 3. The number of nitrogen functional groups attached to an aromatic ring is 2. The zero-order valence-electron chi connectivity index (χ0n) is 66.1. The standard InChI is InChI=1S/C17H19N7O.C9H8N6.C9H13N.C8H11NO.C8H14O2.C7H12O3.C7H10O3.C7H12O.C3H3N.CH3F.CH4O.3CH4.B.ClH.Na.H/c18-6-4-13(10-2-1-3-14(10)25)24-8-12(16(19)23-24)15-11-5-7-20-17(11)22-9-21-15;10-8-6(3-14-15-8)7-5-1-2-11-9(5)13-4-12-7;1-8-4-2-5-9(8)6-3-7-10;9-6-2-4-7-3-1-5-8(7)10;1-6-4-3-5-7(6)8(9)10-2;2*1-10-7(9)5-3-2-4-6(5)8;1-6-3-2-4-7(6)5-8;1-2-3-4;2*1-2;;;;;;;/h5,7-10,13-14,25H,1-4H2,(H2,19,23)(H,20,21,22);1-4H,(H3,10,14,15)(H,11,12,13);3,6,8-9H,2,4-5H2,1H3;2,4,7-8,10H,1,3,5H2;6-7H,3-5H2,1-2H3;5-6,8H,2-4H2,1H3;5H,2-4H2,1H3;5-7H,2-4H2,1H3;2H,1H2;1H3;2H,1H3;3*1H4;;1H;;/q;;;;;;;;;;;;;;;;+1;-1/i;;;;;;;;;1D;;;;;;;;. The first kappa shape index (κ1) is 107. The summed E-state index contributed by atoms with van der Waals surface area (Å²) >= 11 is 0. The molecule has 6 heterocycles. The van der Waals surface area contributed by atoms with E-state index in [1.807, 2.05) is 36.7 Å². The number of nitrogens with two attached hydrogens (primary N) is 2. The number of fused-ring (bicyclic) bond motifs is 2. The molecule has 112 heavy (non-hydrogen) atoms. The molecule has 0 bridgehead atoms. The van der Waals surface area contributed by atoms with Crippen LogP contribution in [0.4, 0.5) is 16.0 Å². The summed E-state index contributed by atoms with van der Waals surface area (Å²) in [7, 11) is 4.13. The number of aliphatic hydroxyl groups is 4. The Bertz CT molecular complexity index is 3830. The molecule has 613 valence electrons. The second-order valence-corrected chi connectivity index (χ2v) is 26.5. The van der Waals surface area contributed by atoms with Crippen LogP contribution in [0.15, 0.2) is 86.5 Å². The monoisotopic (exact) mass is 1590 g/mol. The molecule has 32 heteroatoms. The largest absolute Gasteiger partial charge is 1.00 e. The van der Waals surface area contributed by atoms with Gasteiger partial charge in [0.2, 0.25) is 0 Å². The average molecular weight is 1590 g/mol. The van der Waals surface area contributed by atoms with Crippen molar-refractivity contribution in [2.45, 2.75) is 209 Å². The maximum absolute atomic E-state index is 11.0. The van der Waals surface area contributed by atoms with Gasteiger partial charge in [-0.2, -0.15) is 31.2 Å². The first-order chi connectivity index (χ1) is 51.7. The molecule has 7 aliphatic carbocycles. The van der Waals surface area contributed by atoms with Crippen LogP contribution in [0.25, 0.3) is 44.6 Å². The van der Waals surface area contributed by atoms with E-state index in [0.29, 0.717) is 59.4 Å². The maximum atomic E-state index is 11.0. The van der Waals surface area contributed by atoms with Crippen molar-refractivity contribution >= 4 is 84.5 Å². The predicted octanol–water partition coefficient (Wildman–Crippen LogP) is 10.7. The molecule has 6 aromatic rings. The summed E-state index contributed by atoms with van der Waals surface area (Å²) in [5.41, 5.74) is 16.4. The second-order valence-electron chi connectivity index (χ2n) is 26.5. The number of nitrogens with zero attached hydrogens (tertiary/aromatic N) is 11. The van der Waals surface area contributed by atoms with Crippen LogP contribution in [-0.4, -0.2) is 163 Å². The molecule has 6 aromatic heterocycles. The number of rotatable bonds is 11. The van der Waals surface area contributed by atoms with Crippen molar-refractivity contribution in [3.05, 3.63) is 86.5 Å². The Morgan fingerprint density at radius 3 is 1.54 bits per heavy atom. The average Bonchev–Trinajstić information content (AvgIpc) is 1.63. The summed E-state index contributed by atoms with van der Waals surface area (Å²) in [5, 5.41) is 81.7. The van der Waals surface area contributed by atoms with Crippen molar-refractivity contribution in [3.63, 3.8) is 0 Å². The predicted molar refractivity (Wildman–Crippen MR) is 433 cm³/mol. The molecule has 13 rings (SSSR count). The molecule has 0 aliphatic heterocycles. The minimum Gasteiger partial charge on any atom is -1.00 e. The Balaban J connectivity index is -0.000000398. The number of aldehydes is 1. The number of ether oxygens (including phenoxy) is 3. The van der Waals surface area contributed by atoms with Crippen LogP contribution in [0.1, 0.15) is 193 Å². The summed E-state index contributed by atoms with van der Waals surface area (Å²) in [6.07, 6.45) is 39.6. The molecular formula is C80H123BClFN16NaO12. The number of halogens is 2. The first-order valence-electron chi connectivity index (χ1n) is 36.6. The number of hydrogen-bond donors (Lipinski definition) is 9. The number of alkyl halides is 1. The topological polar surface area (TPSA) is 471 Å². The van der Waals surface area contributed by atoms with Crippen molar-refractivity contribution in [2.75, 3.05) is 47.1 Å². The van der Waals surface area contributed by atoms with Crippen molar-refractivity contribution in [2.24, 2.45) is 59.2 Å². The molecule has 3 radical (unpaired) electrons. The Labute approximate surface area is 694 Å². The molecule has 14 unspecified atom stereocenters. The van der Waals surface area contributed by atoms with Gasteiger partial charge in [-0.25, -0.2) is 19.9 Å². The van der Waals surface area contributed by atoms with Crippen LogP contribution in [0.3, 0.4) is 0 Å². The number of carbonyl (C=O) groups excluding carboxylic acids is 5. The van der Waals surface area contributed by atoms with E-state index in [0.717, 1.165) is 130 Å². The summed E-state index contributed by atoms with van der Waals surface area (Å²) in [5.74, 6) is 3.01. The van der Waals surface area contributed by atoms with E-state index in [-0.39, 0.29) is 140 Å². The van der Waals surface area contributed by atoms with Crippen LogP contribution < -0.4 is 41.0 Å². The van der Waals surface area contributed by atoms with Crippen LogP contribution in [0, 0.1) is 105 Å². The van der Waals surface area contributed by atoms with Gasteiger partial charge in [0.05, 0.1) is 125 Å². The smallest absolute Gasteiger partial charge is 1.00 e. The number of allylic oxidation sites excluding steroid dienone is 4. The van der Waals surface area contributed by atoms with Gasteiger partial charge in [0.25, 0.3) is 0 Å². The third-order valence-electron chi connectivity index (χ3n) is 19.9. The quantitative estimate of drug-likeness (QED) is 0.0145. The number of methoxy groups -OCH3 is 3. The molecule has 7 fully saturated rings. The normalized spacial score (nSPS) is 23.1. The van der Waals surface area contributed by atoms with Crippen LogP contribution in [-0.2, 0) is 38.2 Å². The molecule has 28 nitrogen and oxygen atoms in total. The van der Waals surface area contributed by atoms with Gasteiger partial charge < -0.3 is 62.3 Å². The number of hydrogen-bond acceptors (Lipinski definition) is 24. The molecule has 0 amide bonds. The Kier molecular flexibility index (Phi) is 59.3. The zero-order chi connectivity index (χ0) is 79.2. The van der Waals surface area contributed by atoms with E-state index in [1.54, 1.807) is 35.3 Å². The number of Topliss-reactive ketones (excluding diaryl/α,β-unsaturated/α-hetero) is 1. The van der Waals surface area contributed by atoms with Crippen molar-refractivity contribution in [3.8, 4) is 46.8 Å². The summed E-state index contributed by atoms with van der Waals surface area (Å²) in [4.78, 5) is 76.7. The molecule has 0 saturated heterocycles. The van der Waals surface area contributed by atoms with Gasteiger partial charge in [-0.3, -0.25) is 33.3 Å². The van der Waals surface area contributed by atoms with Crippen molar-refractivity contribution < 1.29 is 95.4 Å². The fourth-order valence-corrected chi connectivity index (χ4v) is 14.0. The second kappa shape index (κ2) is 61.8. The molecule has 0 spiro atoms. The van der Waals surface area contributed by atoms with E-state index < -0.39 is 25.3 Å². The maximum Gasteiger partial charge on any atom is 1.00 e. The number of ketones is 1. The number of H-pyrrole nitrogens is 3. The van der Waals surface area contributed by atoms with E-state index >= 15 is 0 Å². The van der Waals surface area contributed by atoms with Gasteiger partial charge in [0.15, 0.2) is 5.82 Å². The fraction of sp³-hybridized carbons (Fsp3) is 0.588. The number of aromatic amines is 3. The number of aromatic nitrogens is 10. The van der Waals surface area contributed by atoms with E-state index in [4.69, 9.17) is 33.7 Å². The molecule has 14 atom stereocenters. The molecular weight excluding hydrogens is 1470 g/mol. The molecule has 0 aromatic carbocycles. The SMILES string of the molecule is C.C.C.C=CC#N.CC1CCCC1C=CC#N.CC1CCCC1C=O.CO.COC(=O)C1CCCC1=O.COC(=O)C1CCCC1C.COC(=O)C1CCCC1O.Cl.N#CC=CC1CCCC1O.N#CCC(C1CCCC1O)n1cc(-c2ncnc3[nH]ccc23)c(N)n1.Nc1[nH]ncc1-c1ncnc2[nH]ccc12.[2H]CF.[B].[H-].[Na+]. The number of anilines is 2. The minimum absolute atomic E-state index is 0. The molecule has 7 saturated carbocycles. The Hall–Kier alpha value is -8.69. The van der Waals surface area contributed by atoms with Crippen LogP contribution in [0.5, 0.6) is 0 Å². The van der Waals surface area contributed by atoms with Gasteiger partial charge in [-0.05, 0) is 119 Å². The van der Waals surface area contributed by atoms with E-state index in [1.165, 1.54) is 91.1 Å². The molecule has 7 aliphatic rings. The van der Waals surface area contributed by atoms with Crippen LogP contribution in [0.2, 0.25) is 0 Å². The van der Waals surface area contributed by atoms with Crippen molar-refractivity contribution in [1.82, 2.24) is 49.9 Å². The number of nitriles is 4. The summed E-state index contributed by atoms with van der Waals surface area (Å²) in [6, 6.07) is 11.5.